The number of benzene rings is 1. The van der Waals surface area contributed by atoms with E-state index in [-0.39, 0.29) is 17.1 Å². The zero-order valence-electron chi connectivity index (χ0n) is 11.3. The minimum absolute atomic E-state index is 0.0199. The Morgan fingerprint density at radius 1 is 1.35 bits per heavy atom. The summed E-state index contributed by atoms with van der Waals surface area (Å²) in [5.74, 6) is 0.369. The van der Waals surface area contributed by atoms with E-state index in [4.69, 9.17) is 11.6 Å². The largest absolute Gasteiger partial charge is 0.507 e. The fraction of sp³-hybridized carbons (Fsp3) is 0.533. The molecule has 0 spiro atoms. The number of phenols is 1. The van der Waals surface area contributed by atoms with Crippen molar-refractivity contribution in [2.24, 2.45) is 5.41 Å². The molecule has 0 aliphatic heterocycles. The molecule has 0 bridgehead atoms. The second-order valence-electron chi connectivity index (χ2n) is 5.54. The maximum Gasteiger partial charge on any atom is 0.255 e. The van der Waals surface area contributed by atoms with E-state index < -0.39 is 0 Å². The average molecular weight is 408 g/mol. The highest BCUT2D eigenvalue weighted by Crippen LogP contribution is 2.36. The summed E-state index contributed by atoms with van der Waals surface area (Å²) in [7, 11) is 0. The lowest BCUT2D eigenvalue weighted by molar-refractivity contribution is 0.0918. The third kappa shape index (κ3) is 3.79. The fourth-order valence-corrected chi connectivity index (χ4v) is 3.57. The summed E-state index contributed by atoms with van der Waals surface area (Å²) < 4.78 is 0.926. The van der Waals surface area contributed by atoms with Gasteiger partial charge in [0.25, 0.3) is 5.91 Å². The molecule has 0 heterocycles. The maximum absolute atomic E-state index is 12.2. The Labute approximate surface area is 138 Å². The molecule has 1 fully saturated rings. The van der Waals surface area contributed by atoms with E-state index in [9.17, 15) is 9.90 Å². The maximum atomic E-state index is 12.2. The van der Waals surface area contributed by atoms with Crippen LogP contribution in [0.3, 0.4) is 0 Å². The van der Waals surface area contributed by atoms with Gasteiger partial charge in [0.15, 0.2) is 0 Å². The van der Waals surface area contributed by atoms with Gasteiger partial charge in [-0.05, 0) is 53.6 Å². The van der Waals surface area contributed by atoms with Crippen molar-refractivity contribution in [1.82, 2.24) is 5.32 Å². The number of hydrogen-bond donors (Lipinski definition) is 2. The van der Waals surface area contributed by atoms with Crippen molar-refractivity contribution < 1.29 is 9.90 Å². The van der Waals surface area contributed by atoms with Gasteiger partial charge in [-0.25, -0.2) is 0 Å². The highest BCUT2D eigenvalue weighted by molar-refractivity contribution is 14.1. The molecular formula is C15H19ClINO2. The predicted molar refractivity (Wildman–Crippen MR) is 89.4 cm³/mol. The molecular weight excluding hydrogens is 389 g/mol. The molecule has 1 amide bonds. The smallest absolute Gasteiger partial charge is 0.255 e. The third-order valence-corrected chi connectivity index (χ3v) is 5.26. The molecule has 1 aliphatic carbocycles. The van der Waals surface area contributed by atoms with Gasteiger partial charge in [-0.15, -0.1) is 11.6 Å². The molecule has 20 heavy (non-hydrogen) atoms. The number of amides is 1. The highest BCUT2D eigenvalue weighted by Gasteiger charge is 2.31. The Morgan fingerprint density at radius 3 is 2.70 bits per heavy atom. The van der Waals surface area contributed by atoms with Crippen LogP contribution in [0.1, 0.15) is 42.5 Å². The lowest BCUT2D eigenvalue weighted by atomic mass is 9.75. The summed E-state index contributed by atoms with van der Waals surface area (Å²) >= 11 is 8.25. The number of alkyl halides is 1. The topological polar surface area (TPSA) is 49.3 Å². The first-order valence-electron chi connectivity index (χ1n) is 6.89. The molecule has 1 aromatic carbocycles. The molecule has 1 aromatic rings. The highest BCUT2D eigenvalue weighted by atomic mass is 127. The molecule has 1 saturated carbocycles. The van der Waals surface area contributed by atoms with Crippen LogP contribution in [0.5, 0.6) is 5.75 Å². The summed E-state index contributed by atoms with van der Waals surface area (Å²) in [6, 6.07) is 5.02. The van der Waals surface area contributed by atoms with Crippen molar-refractivity contribution >= 4 is 40.1 Å². The Kier molecular flexibility index (Phi) is 5.55. The molecule has 2 rings (SSSR count). The molecule has 2 N–H and O–H groups in total. The van der Waals surface area contributed by atoms with Gasteiger partial charge in [-0.1, -0.05) is 19.3 Å². The average Bonchev–Trinajstić information content (AvgIpc) is 2.48. The molecule has 0 aromatic heterocycles. The summed E-state index contributed by atoms with van der Waals surface area (Å²) in [4.78, 5) is 12.2. The SMILES string of the molecule is O=C(NCC1(CCl)CCCCC1)c1cc(I)ccc1O. The van der Waals surface area contributed by atoms with Gasteiger partial charge < -0.3 is 10.4 Å². The second kappa shape index (κ2) is 6.98. The van der Waals surface area contributed by atoms with Gasteiger partial charge in [0.2, 0.25) is 0 Å². The van der Waals surface area contributed by atoms with Crippen molar-refractivity contribution in [3.8, 4) is 5.75 Å². The lowest BCUT2D eigenvalue weighted by Crippen LogP contribution is -2.40. The summed E-state index contributed by atoms with van der Waals surface area (Å²) in [5, 5.41) is 12.7. The van der Waals surface area contributed by atoms with Crippen LogP contribution in [0.2, 0.25) is 0 Å². The zero-order chi connectivity index (χ0) is 14.6. The Morgan fingerprint density at radius 2 is 2.05 bits per heavy atom. The monoisotopic (exact) mass is 407 g/mol. The zero-order valence-corrected chi connectivity index (χ0v) is 14.2. The van der Waals surface area contributed by atoms with Gasteiger partial charge in [-0.3, -0.25) is 4.79 Å². The lowest BCUT2D eigenvalue weighted by Gasteiger charge is -2.35. The molecule has 110 valence electrons. The van der Waals surface area contributed by atoms with Gasteiger partial charge in [0.1, 0.15) is 5.75 Å². The number of carbonyl (C=O) groups excluding carboxylic acids is 1. The molecule has 0 radical (unpaired) electrons. The van der Waals surface area contributed by atoms with Crippen LogP contribution < -0.4 is 5.32 Å². The Hall–Kier alpha value is -0.490. The van der Waals surface area contributed by atoms with E-state index in [0.717, 1.165) is 16.4 Å². The first-order valence-corrected chi connectivity index (χ1v) is 8.50. The number of nitrogens with one attached hydrogen (secondary N) is 1. The van der Waals surface area contributed by atoms with Crippen LogP contribution in [0.25, 0.3) is 0 Å². The van der Waals surface area contributed by atoms with Gasteiger partial charge >= 0.3 is 0 Å². The fourth-order valence-electron chi connectivity index (χ4n) is 2.71. The Balaban J connectivity index is 2.02. The van der Waals surface area contributed by atoms with Crippen LogP contribution in [0, 0.1) is 8.99 Å². The van der Waals surface area contributed by atoms with Crippen molar-refractivity contribution in [2.75, 3.05) is 12.4 Å². The van der Waals surface area contributed by atoms with E-state index in [1.807, 2.05) is 0 Å². The van der Waals surface area contributed by atoms with Crippen molar-refractivity contribution in [3.63, 3.8) is 0 Å². The van der Waals surface area contributed by atoms with Crippen molar-refractivity contribution in [1.29, 1.82) is 0 Å². The van der Waals surface area contributed by atoms with Crippen LogP contribution in [0.15, 0.2) is 18.2 Å². The molecule has 1 aliphatic rings. The number of aromatic hydroxyl groups is 1. The first kappa shape index (κ1) is 15.9. The van der Waals surface area contributed by atoms with Gasteiger partial charge in [0, 0.05) is 21.4 Å². The Bertz CT molecular complexity index is 487. The van der Waals surface area contributed by atoms with E-state index in [0.29, 0.717) is 18.0 Å². The molecule has 0 unspecified atom stereocenters. The van der Waals surface area contributed by atoms with E-state index in [2.05, 4.69) is 27.9 Å². The van der Waals surface area contributed by atoms with Gasteiger partial charge in [-0.2, -0.15) is 0 Å². The standard InChI is InChI=1S/C15H19ClINO2/c16-9-15(6-2-1-3-7-15)10-18-14(20)12-8-11(17)4-5-13(12)19/h4-5,8,19H,1-3,6-7,9-10H2,(H,18,20). The number of phenolic OH excluding ortho intramolecular Hbond substituents is 1. The normalized spacial score (nSPS) is 17.7. The number of carbonyl (C=O) groups is 1. The van der Waals surface area contributed by atoms with Crippen LogP contribution in [0.4, 0.5) is 0 Å². The number of halogens is 2. The minimum Gasteiger partial charge on any atom is -0.507 e. The van der Waals surface area contributed by atoms with Crippen LogP contribution in [-0.4, -0.2) is 23.4 Å². The van der Waals surface area contributed by atoms with E-state index in [1.54, 1.807) is 18.2 Å². The summed E-state index contributed by atoms with van der Waals surface area (Å²) in [6.07, 6.45) is 5.74. The second-order valence-corrected chi connectivity index (χ2v) is 7.05. The van der Waals surface area contributed by atoms with Crippen molar-refractivity contribution in [2.45, 2.75) is 32.1 Å². The first-order chi connectivity index (χ1) is 9.56. The minimum atomic E-state index is -0.226. The quantitative estimate of drug-likeness (QED) is 0.587. The molecule has 3 nitrogen and oxygen atoms in total. The van der Waals surface area contributed by atoms with Gasteiger partial charge in [0.05, 0.1) is 5.56 Å². The molecule has 5 heteroatoms. The van der Waals surface area contributed by atoms with E-state index in [1.165, 1.54) is 19.3 Å². The molecule has 0 saturated heterocycles. The number of hydrogen-bond acceptors (Lipinski definition) is 2. The van der Waals surface area contributed by atoms with Crippen LogP contribution in [-0.2, 0) is 0 Å². The van der Waals surface area contributed by atoms with Crippen LogP contribution >= 0.6 is 34.2 Å². The predicted octanol–water partition coefficient (Wildman–Crippen LogP) is 3.92. The number of rotatable bonds is 4. The van der Waals surface area contributed by atoms with E-state index >= 15 is 0 Å². The third-order valence-electron chi connectivity index (χ3n) is 4.02. The summed E-state index contributed by atoms with van der Waals surface area (Å²) in [5.41, 5.74) is 0.352. The summed E-state index contributed by atoms with van der Waals surface area (Å²) in [6.45, 7) is 0.584. The molecule has 0 atom stereocenters. The van der Waals surface area contributed by atoms with Crippen molar-refractivity contribution in [3.05, 3.63) is 27.3 Å².